The van der Waals surface area contributed by atoms with E-state index in [0.717, 1.165) is 0 Å². The summed E-state index contributed by atoms with van der Waals surface area (Å²) in [6.07, 6.45) is 0.346. The molecule has 2 nitrogen and oxygen atoms in total. The summed E-state index contributed by atoms with van der Waals surface area (Å²) in [6.45, 7) is 1.73. The van der Waals surface area contributed by atoms with Gasteiger partial charge in [0.25, 0.3) is 0 Å². The third-order valence-electron chi connectivity index (χ3n) is 1.93. The molecule has 1 rings (SSSR count). The molecule has 0 aliphatic heterocycles. The van der Waals surface area contributed by atoms with Crippen molar-refractivity contribution < 1.29 is 8.78 Å². The molecule has 0 unspecified atom stereocenters. The van der Waals surface area contributed by atoms with Crippen LogP contribution in [-0.4, -0.2) is 19.6 Å². The van der Waals surface area contributed by atoms with Crippen LogP contribution in [0.5, 0.6) is 0 Å². The molecule has 0 aliphatic carbocycles. The fourth-order valence-corrected chi connectivity index (χ4v) is 1.21. The van der Waals surface area contributed by atoms with E-state index in [2.05, 4.69) is 5.32 Å². The molecular weight excluding hydrogens is 186 g/mol. The van der Waals surface area contributed by atoms with Crippen LogP contribution in [0.2, 0.25) is 0 Å². The van der Waals surface area contributed by atoms with Crippen molar-refractivity contribution in [3.05, 3.63) is 35.4 Å². The molecule has 0 fully saturated rings. The van der Waals surface area contributed by atoms with Crippen molar-refractivity contribution in [2.24, 2.45) is 5.73 Å². The zero-order valence-corrected chi connectivity index (χ0v) is 7.89. The lowest BCUT2D eigenvalue weighted by Crippen LogP contribution is -2.24. The Kier molecular flexibility index (Phi) is 4.49. The van der Waals surface area contributed by atoms with E-state index in [4.69, 9.17) is 5.73 Å². The fraction of sp³-hybridized carbons (Fsp3) is 0.400. The number of nitrogens with one attached hydrogen (secondary N) is 1. The lowest BCUT2D eigenvalue weighted by atomic mass is 10.1. The van der Waals surface area contributed by atoms with E-state index in [1.54, 1.807) is 0 Å². The first-order valence-corrected chi connectivity index (χ1v) is 4.59. The Labute approximate surface area is 82.1 Å². The van der Waals surface area contributed by atoms with Gasteiger partial charge in [-0.3, -0.25) is 0 Å². The van der Waals surface area contributed by atoms with Crippen molar-refractivity contribution in [3.63, 3.8) is 0 Å². The minimum absolute atomic E-state index is 0.136. The number of hydrogen-bond donors (Lipinski definition) is 2. The molecule has 0 spiro atoms. The molecule has 0 aromatic heterocycles. The molecule has 0 saturated carbocycles. The van der Waals surface area contributed by atoms with Crippen LogP contribution in [0, 0.1) is 11.6 Å². The first-order chi connectivity index (χ1) is 6.75. The summed E-state index contributed by atoms with van der Waals surface area (Å²) in [7, 11) is 0. The number of halogens is 2. The highest BCUT2D eigenvalue weighted by Gasteiger charge is 2.06. The maximum atomic E-state index is 13.1. The van der Waals surface area contributed by atoms with E-state index in [-0.39, 0.29) is 5.56 Å². The van der Waals surface area contributed by atoms with Crippen molar-refractivity contribution in [1.82, 2.24) is 5.32 Å². The van der Waals surface area contributed by atoms with E-state index in [9.17, 15) is 8.78 Å². The van der Waals surface area contributed by atoms with Crippen molar-refractivity contribution in [3.8, 4) is 0 Å². The Balaban J connectivity index is 2.49. The van der Waals surface area contributed by atoms with Crippen LogP contribution in [-0.2, 0) is 6.42 Å². The van der Waals surface area contributed by atoms with Crippen LogP contribution in [0.1, 0.15) is 5.56 Å². The molecule has 3 N–H and O–H groups in total. The van der Waals surface area contributed by atoms with Gasteiger partial charge >= 0.3 is 0 Å². The zero-order chi connectivity index (χ0) is 10.4. The van der Waals surface area contributed by atoms with Crippen molar-refractivity contribution >= 4 is 0 Å². The second-order valence-corrected chi connectivity index (χ2v) is 2.99. The second kappa shape index (κ2) is 5.67. The molecule has 0 saturated heterocycles. The molecule has 0 aliphatic rings. The summed E-state index contributed by atoms with van der Waals surface area (Å²) < 4.78 is 26.1. The fourth-order valence-electron chi connectivity index (χ4n) is 1.21. The van der Waals surface area contributed by atoms with Crippen molar-refractivity contribution in [2.75, 3.05) is 19.6 Å². The number of nitrogens with two attached hydrogens (primary N) is 1. The van der Waals surface area contributed by atoms with Gasteiger partial charge in [0, 0.05) is 18.7 Å². The Morgan fingerprint density at radius 2 is 1.79 bits per heavy atom. The van der Waals surface area contributed by atoms with Gasteiger partial charge < -0.3 is 11.1 Å². The third kappa shape index (κ3) is 3.05. The molecule has 78 valence electrons. The van der Waals surface area contributed by atoms with E-state index in [1.165, 1.54) is 18.2 Å². The quantitative estimate of drug-likeness (QED) is 0.697. The molecule has 0 atom stereocenters. The summed E-state index contributed by atoms with van der Waals surface area (Å²) in [5, 5.41) is 2.98. The molecule has 0 radical (unpaired) electrons. The summed E-state index contributed by atoms with van der Waals surface area (Å²) >= 11 is 0. The average molecular weight is 200 g/mol. The first kappa shape index (κ1) is 11.1. The first-order valence-electron chi connectivity index (χ1n) is 4.59. The van der Waals surface area contributed by atoms with Crippen LogP contribution in [0.4, 0.5) is 8.78 Å². The molecule has 14 heavy (non-hydrogen) atoms. The van der Waals surface area contributed by atoms with Crippen LogP contribution >= 0.6 is 0 Å². The van der Waals surface area contributed by atoms with Gasteiger partial charge in [0.15, 0.2) is 0 Å². The van der Waals surface area contributed by atoms with Gasteiger partial charge in [-0.15, -0.1) is 0 Å². The summed E-state index contributed by atoms with van der Waals surface area (Å²) in [5.41, 5.74) is 5.39. The highest BCUT2D eigenvalue weighted by atomic mass is 19.1. The van der Waals surface area contributed by atoms with Crippen LogP contribution in [0.15, 0.2) is 18.2 Å². The van der Waals surface area contributed by atoms with Gasteiger partial charge in [-0.2, -0.15) is 0 Å². The van der Waals surface area contributed by atoms with E-state index < -0.39 is 11.6 Å². The number of hydrogen-bond acceptors (Lipinski definition) is 2. The zero-order valence-electron chi connectivity index (χ0n) is 7.89. The standard InChI is InChI=1S/C10H14F2N2/c11-9-2-1-3-10(12)8(9)4-6-14-7-5-13/h1-3,14H,4-7,13H2. The number of rotatable bonds is 5. The molecule has 1 aromatic carbocycles. The monoisotopic (exact) mass is 200 g/mol. The van der Waals surface area contributed by atoms with Gasteiger partial charge in [-0.1, -0.05) is 6.07 Å². The average Bonchev–Trinajstić information content (AvgIpc) is 2.16. The lowest BCUT2D eigenvalue weighted by Gasteiger charge is -2.05. The highest BCUT2D eigenvalue weighted by molar-refractivity contribution is 5.19. The normalized spacial score (nSPS) is 10.5. The highest BCUT2D eigenvalue weighted by Crippen LogP contribution is 2.11. The smallest absolute Gasteiger partial charge is 0.129 e. The van der Waals surface area contributed by atoms with Gasteiger partial charge in [0.05, 0.1) is 0 Å². The van der Waals surface area contributed by atoms with Crippen molar-refractivity contribution in [2.45, 2.75) is 6.42 Å². The van der Waals surface area contributed by atoms with Gasteiger partial charge in [0.1, 0.15) is 11.6 Å². The summed E-state index contributed by atoms with van der Waals surface area (Å²) in [5.74, 6) is -0.973. The maximum absolute atomic E-state index is 13.1. The van der Waals surface area contributed by atoms with E-state index in [1.807, 2.05) is 0 Å². The topological polar surface area (TPSA) is 38.0 Å². The van der Waals surface area contributed by atoms with Crippen LogP contribution in [0.3, 0.4) is 0 Å². The Bertz CT molecular complexity index is 269. The van der Waals surface area contributed by atoms with Crippen LogP contribution < -0.4 is 11.1 Å². The van der Waals surface area contributed by atoms with E-state index >= 15 is 0 Å². The second-order valence-electron chi connectivity index (χ2n) is 2.99. The predicted octanol–water partition coefficient (Wildman–Crippen LogP) is 1.06. The predicted molar refractivity (Wildman–Crippen MR) is 52.0 cm³/mol. The lowest BCUT2D eigenvalue weighted by molar-refractivity contribution is 0.547. The van der Waals surface area contributed by atoms with E-state index in [0.29, 0.717) is 26.1 Å². The van der Waals surface area contributed by atoms with Gasteiger partial charge in [-0.25, -0.2) is 8.78 Å². The minimum Gasteiger partial charge on any atom is -0.329 e. The molecule has 4 heteroatoms. The van der Waals surface area contributed by atoms with Gasteiger partial charge in [0.2, 0.25) is 0 Å². The molecule has 0 bridgehead atoms. The summed E-state index contributed by atoms with van der Waals surface area (Å²) in [6, 6.07) is 3.89. The molecular formula is C10H14F2N2. The Hall–Kier alpha value is -1.00. The molecule has 1 aromatic rings. The van der Waals surface area contributed by atoms with Crippen molar-refractivity contribution in [1.29, 1.82) is 0 Å². The Morgan fingerprint density at radius 1 is 1.14 bits per heavy atom. The van der Waals surface area contributed by atoms with Crippen LogP contribution in [0.25, 0.3) is 0 Å². The Morgan fingerprint density at radius 3 is 2.36 bits per heavy atom. The maximum Gasteiger partial charge on any atom is 0.129 e. The number of benzene rings is 1. The minimum atomic E-state index is -0.487. The SMILES string of the molecule is NCCNCCc1c(F)cccc1F. The molecule has 0 heterocycles. The largest absolute Gasteiger partial charge is 0.329 e. The van der Waals surface area contributed by atoms with Gasteiger partial charge in [-0.05, 0) is 25.1 Å². The molecule has 0 amide bonds. The third-order valence-corrected chi connectivity index (χ3v) is 1.93. The summed E-state index contributed by atoms with van der Waals surface area (Å²) in [4.78, 5) is 0.